The summed E-state index contributed by atoms with van der Waals surface area (Å²) in [5, 5.41) is 14.6. The number of non-ortho nitro benzene ring substituents is 1. The highest BCUT2D eigenvalue weighted by Crippen LogP contribution is 2.29. The van der Waals surface area contributed by atoms with Gasteiger partial charge in [-0.05, 0) is 49.2 Å². The van der Waals surface area contributed by atoms with Crippen molar-refractivity contribution >= 4 is 56.4 Å². The lowest BCUT2D eigenvalue weighted by Crippen LogP contribution is -2.52. The van der Waals surface area contributed by atoms with E-state index in [1.165, 1.54) is 29.2 Å². The number of nitro groups is 1. The molecule has 2 amide bonds. The fourth-order valence-corrected chi connectivity index (χ4v) is 6.22. The van der Waals surface area contributed by atoms with Crippen molar-refractivity contribution in [1.82, 2.24) is 10.2 Å². The normalized spacial score (nSPS) is 11.9. The van der Waals surface area contributed by atoms with E-state index in [4.69, 9.17) is 23.2 Å². The predicted molar refractivity (Wildman–Crippen MR) is 163 cm³/mol. The third-order valence-corrected chi connectivity index (χ3v) is 9.06. The van der Waals surface area contributed by atoms with Crippen LogP contribution < -0.4 is 9.62 Å². The number of unbranched alkanes of at least 4 members (excludes halogenated alkanes) is 1. The monoisotopic (exact) mass is 634 g/mol. The first-order valence-electron chi connectivity index (χ1n) is 13.3. The summed E-state index contributed by atoms with van der Waals surface area (Å²) in [5.41, 5.74) is 0.197. The highest BCUT2D eigenvalue weighted by molar-refractivity contribution is 7.92. The van der Waals surface area contributed by atoms with Gasteiger partial charge < -0.3 is 10.2 Å². The van der Waals surface area contributed by atoms with Crippen molar-refractivity contribution in [2.75, 3.05) is 17.4 Å². The van der Waals surface area contributed by atoms with Crippen LogP contribution in [0.15, 0.2) is 77.7 Å². The van der Waals surface area contributed by atoms with E-state index in [2.05, 4.69) is 5.32 Å². The van der Waals surface area contributed by atoms with Crippen LogP contribution in [0.1, 0.15) is 38.7 Å². The first-order valence-corrected chi connectivity index (χ1v) is 15.5. The number of rotatable bonds is 14. The van der Waals surface area contributed by atoms with E-state index in [0.29, 0.717) is 12.1 Å². The number of carbonyl (C=O) groups excluding carboxylic acids is 2. The molecule has 3 rings (SSSR count). The van der Waals surface area contributed by atoms with E-state index in [9.17, 15) is 28.1 Å². The van der Waals surface area contributed by atoms with E-state index in [1.54, 1.807) is 43.3 Å². The minimum Gasteiger partial charge on any atom is -0.354 e. The number of halogens is 2. The molecule has 1 N–H and O–H groups in total. The van der Waals surface area contributed by atoms with Crippen LogP contribution in [0.4, 0.5) is 11.4 Å². The second-order valence-corrected chi connectivity index (χ2v) is 12.1. The Morgan fingerprint density at radius 1 is 0.952 bits per heavy atom. The summed E-state index contributed by atoms with van der Waals surface area (Å²) < 4.78 is 28.5. The van der Waals surface area contributed by atoms with Gasteiger partial charge in [0.15, 0.2) is 0 Å². The Kier molecular flexibility index (Phi) is 11.7. The van der Waals surface area contributed by atoms with Gasteiger partial charge in [-0.2, -0.15) is 0 Å². The summed E-state index contributed by atoms with van der Waals surface area (Å²) in [6, 6.07) is 16.3. The maximum atomic E-state index is 14.1. The molecule has 13 heteroatoms. The van der Waals surface area contributed by atoms with Crippen LogP contribution in [0.25, 0.3) is 0 Å². The lowest BCUT2D eigenvalue weighted by molar-refractivity contribution is -0.384. The average molecular weight is 636 g/mol. The summed E-state index contributed by atoms with van der Waals surface area (Å²) in [7, 11) is -4.31. The van der Waals surface area contributed by atoms with Crippen LogP contribution >= 0.6 is 23.2 Å². The van der Waals surface area contributed by atoms with Gasteiger partial charge in [-0.3, -0.25) is 24.0 Å². The molecule has 0 aliphatic rings. The third kappa shape index (κ3) is 7.99. The second kappa shape index (κ2) is 15.0. The minimum atomic E-state index is -4.31. The fourth-order valence-electron chi connectivity index (χ4n) is 4.27. The molecule has 0 heterocycles. The molecule has 0 saturated carbocycles. The molecule has 0 aliphatic heterocycles. The molecule has 3 aromatic carbocycles. The van der Waals surface area contributed by atoms with Gasteiger partial charge in [0.25, 0.3) is 15.7 Å². The fraction of sp³-hybridized carbons (Fsp3) is 0.310. The summed E-state index contributed by atoms with van der Waals surface area (Å²) in [5.74, 6) is -1.09. The number of nitrogens with zero attached hydrogens (tertiary/aromatic N) is 3. The number of hydrogen-bond acceptors (Lipinski definition) is 6. The maximum absolute atomic E-state index is 14.1. The Labute approximate surface area is 255 Å². The van der Waals surface area contributed by atoms with Crippen molar-refractivity contribution in [2.45, 2.75) is 50.6 Å². The van der Waals surface area contributed by atoms with Crippen molar-refractivity contribution in [2.24, 2.45) is 0 Å². The lowest BCUT2D eigenvalue weighted by Gasteiger charge is -2.33. The number of anilines is 1. The van der Waals surface area contributed by atoms with Gasteiger partial charge in [0.05, 0.1) is 15.5 Å². The number of nitro benzene ring substituents is 1. The molecular formula is C29H32Cl2N4O6S. The molecule has 10 nitrogen and oxygen atoms in total. The van der Waals surface area contributed by atoms with Crippen LogP contribution in [0.3, 0.4) is 0 Å². The zero-order chi connectivity index (χ0) is 30.9. The largest absolute Gasteiger partial charge is 0.354 e. The minimum absolute atomic E-state index is 0.0361. The van der Waals surface area contributed by atoms with Crippen LogP contribution in [0.2, 0.25) is 10.0 Å². The standard InChI is InChI=1S/C29H32Cl2N4O6S/c1-3-5-18-32-29(37)27(4-2)33(19-24-25(30)12-9-13-26(24)31)28(36)20-34(21-14-16-22(17-15-21)35(38)39)42(40,41)23-10-7-6-8-11-23/h6-17,27H,3-5,18-20H2,1-2H3,(H,32,37). The van der Waals surface area contributed by atoms with Gasteiger partial charge in [0.1, 0.15) is 12.6 Å². The summed E-state index contributed by atoms with van der Waals surface area (Å²) >= 11 is 12.8. The molecule has 0 radical (unpaired) electrons. The smallest absolute Gasteiger partial charge is 0.269 e. The number of nitrogens with one attached hydrogen (secondary N) is 1. The summed E-state index contributed by atoms with van der Waals surface area (Å²) in [4.78, 5) is 39.1. The SMILES string of the molecule is CCCCNC(=O)C(CC)N(Cc1c(Cl)cccc1Cl)C(=O)CN(c1ccc([N+](=O)[O-])cc1)S(=O)(=O)c1ccccc1. The number of benzene rings is 3. The molecule has 0 spiro atoms. The van der Waals surface area contributed by atoms with E-state index in [0.717, 1.165) is 29.3 Å². The maximum Gasteiger partial charge on any atom is 0.269 e. The molecule has 42 heavy (non-hydrogen) atoms. The van der Waals surface area contributed by atoms with Crippen LogP contribution in [0, 0.1) is 10.1 Å². The summed E-state index contributed by atoms with van der Waals surface area (Å²) in [6.45, 7) is 3.29. The Morgan fingerprint density at radius 3 is 2.12 bits per heavy atom. The first kappa shape index (κ1) is 32.8. The highest BCUT2D eigenvalue weighted by atomic mass is 35.5. The number of hydrogen-bond donors (Lipinski definition) is 1. The van der Waals surface area contributed by atoms with Crippen molar-refractivity contribution in [3.05, 3.63) is 98.5 Å². The van der Waals surface area contributed by atoms with E-state index >= 15 is 0 Å². The predicted octanol–water partition coefficient (Wildman–Crippen LogP) is 5.82. The topological polar surface area (TPSA) is 130 Å². The molecule has 0 aliphatic carbocycles. The molecule has 0 bridgehead atoms. The number of sulfonamides is 1. The molecule has 1 unspecified atom stereocenters. The average Bonchev–Trinajstić information content (AvgIpc) is 2.97. The second-order valence-electron chi connectivity index (χ2n) is 9.39. The number of carbonyl (C=O) groups is 2. The van der Waals surface area contributed by atoms with Crippen LogP contribution in [-0.4, -0.2) is 49.2 Å². The van der Waals surface area contributed by atoms with Gasteiger partial charge in [-0.15, -0.1) is 0 Å². The van der Waals surface area contributed by atoms with Crippen LogP contribution in [-0.2, 0) is 26.2 Å². The van der Waals surface area contributed by atoms with Gasteiger partial charge in [0.2, 0.25) is 11.8 Å². The van der Waals surface area contributed by atoms with Gasteiger partial charge in [0, 0.05) is 40.8 Å². The Bertz CT molecular complexity index is 1480. The Morgan fingerprint density at radius 2 is 1.57 bits per heavy atom. The van der Waals surface area contributed by atoms with E-state index in [1.807, 2.05) is 6.92 Å². The van der Waals surface area contributed by atoms with E-state index in [-0.39, 0.29) is 39.3 Å². The first-order chi connectivity index (χ1) is 20.0. The third-order valence-electron chi connectivity index (χ3n) is 6.56. The van der Waals surface area contributed by atoms with Gasteiger partial charge in [-0.25, -0.2) is 8.42 Å². The Hall–Kier alpha value is -3.67. The quantitative estimate of drug-likeness (QED) is 0.135. The van der Waals surface area contributed by atoms with Crippen molar-refractivity contribution < 1.29 is 22.9 Å². The Balaban J connectivity index is 2.08. The molecule has 0 fully saturated rings. The zero-order valence-corrected chi connectivity index (χ0v) is 25.5. The molecule has 0 saturated heterocycles. The molecule has 1 atom stereocenters. The van der Waals surface area contributed by atoms with E-state index < -0.39 is 39.3 Å². The van der Waals surface area contributed by atoms with Gasteiger partial charge >= 0.3 is 0 Å². The molecule has 3 aromatic rings. The zero-order valence-electron chi connectivity index (χ0n) is 23.2. The van der Waals surface area contributed by atoms with Gasteiger partial charge in [-0.1, -0.05) is 67.7 Å². The van der Waals surface area contributed by atoms with Crippen molar-refractivity contribution in [3.8, 4) is 0 Å². The number of amides is 2. The highest BCUT2D eigenvalue weighted by Gasteiger charge is 2.34. The van der Waals surface area contributed by atoms with Crippen molar-refractivity contribution in [3.63, 3.8) is 0 Å². The molecule has 0 aromatic heterocycles. The molecule has 224 valence electrons. The van der Waals surface area contributed by atoms with Crippen molar-refractivity contribution in [1.29, 1.82) is 0 Å². The summed E-state index contributed by atoms with van der Waals surface area (Å²) in [6.07, 6.45) is 1.83. The lowest BCUT2D eigenvalue weighted by atomic mass is 10.1. The molecular weight excluding hydrogens is 603 g/mol. The van der Waals surface area contributed by atoms with Crippen LogP contribution in [0.5, 0.6) is 0 Å².